The monoisotopic (exact) mass is 376 g/mol. The molecule has 3 rings (SSSR count). The Hall–Kier alpha value is -2.72. The normalized spacial score (nSPS) is 10.6. The molecule has 0 fully saturated rings. The lowest BCUT2D eigenvalue weighted by atomic mass is 10.00. The van der Waals surface area contributed by atoms with E-state index in [0.29, 0.717) is 5.56 Å². The summed E-state index contributed by atoms with van der Waals surface area (Å²) in [6.07, 6.45) is 0. The molecule has 0 unspecified atom stereocenters. The second-order valence-electron chi connectivity index (χ2n) is 6.48. The van der Waals surface area contributed by atoms with Gasteiger partial charge >= 0.3 is 0 Å². The maximum atomic E-state index is 12.8. The van der Waals surface area contributed by atoms with Crippen molar-refractivity contribution in [3.8, 4) is 11.1 Å². The molecule has 0 bridgehead atoms. The van der Waals surface area contributed by atoms with E-state index in [1.165, 1.54) is 0 Å². The van der Waals surface area contributed by atoms with Crippen molar-refractivity contribution < 1.29 is 4.79 Å². The minimum atomic E-state index is -0.0780. The molecule has 3 N–H and O–H groups in total. The van der Waals surface area contributed by atoms with E-state index in [9.17, 15) is 4.79 Å². The summed E-state index contributed by atoms with van der Waals surface area (Å²) >= 11 is 1.68. The first-order chi connectivity index (χ1) is 13.0. The molecule has 3 aromatic carbocycles. The van der Waals surface area contributed by atoms with E-state index in [0.717, 1.165) is 44.3 Å². The molecule has 0 heterocycles. The fourth-order valence-electron chi connectivity index (χ4n) is 2.96. The van der Waals surface area contributed by atoms with Gasteiger partial charge in [0.2, 0.25) is 0 Å². The average molecular weight is 377 g/mol. The number of carbonyl (C=O) groups is 1. The number of nitrogens with one attached hydrogen (secondary N) is 1. The average Bonchev–Trinajstić information content (AvgIpc) is 2.66. The van der Waals surface area contributed by atoms with E-state index in [-0.39, 0.29) is 5.91 Å². The summed E-state index contributed by atoms with van der Waals surface area (Å²) in [5.74, 6) is 0.852. The Labute approximate surface area is 165 Å². The van der Waals surface area contributed by atoms with E-state index >= 15 is 0 Å². The molecule has 0 aliphatic carbocycles. The summed E-state index contributed by atoms with van der Waals surface area (Å²) in [7, 11) is 0. The van der Waals surface area contributed by atoms with Crippen LogP contribution in [0.3, 0.4) is 0 Å². The van der Waals surface area contributed by atoms with Gasteiger partial charge in [-0.1, -0.05) is 31.2 Å². The highest BCUT2D eigenvalue weighted by atomic mass is 32.2. The Bertz CT molecular complexity index is 982. The van der Waals surface area contributed by atoms with E-state index in [2.05, 4.69) is 24.4 Å². The first kappa shape index (κ1) is 19.1. The molecular formula is C23H24N2OS. The quantitative estimate of drug-likeness (QED) is 0.429. The van der Waals surface area contributed by atoms with Gasteiger partial charge in [0.15, 0.2) is 0 Å². The van der Waals surface area contributed by atoms with E-state index in [1.807, 2.05) is 62.4 Å². The Morgan fingerprint density at radius 2 is 1.63 bits per heavy atom. The number of hydrogen-bond donors (Lipinski definition) is 2. The standard InChI is InChI=1S/C23H24N2OS/c1-4-27-22-8-6-5-7-19(22)23(26)25-21-12-10-18(14-16(21)3)17-9-11-20(24)15(2)13-17/h5-14H,4,24H2,1-3H3,(H,25,26). The Morgan fingerprint density at radius 1 is 0.963 bits per heavy atom. The molecule has 1 amide bonds. The molecule has 138 valence electrons. The van der Waals surface area contributed by atoms with Crippen molar-refractivity contribution in [1.29, 1.82) is 0 Å². The van der Waals surface area contributed by atoms with Crippen LogP contribution in [0.4, 0.5) is 11.4 Å². The van der Waals surface area contributed by atoms with Crippen LogP contribution in [-0.4, -0.2) is 11.7 Å². The van der Waals surface area contributed by atoms with Crippen molar-refractivity contribution in [3.63, 3.8) is 0 Å². The molecule has 0 saturated heterocycles. The number of thioether (sulfide) groups is 1. The van der Waals surface area contributed by atoms with Gasteiger partial charge in [-0.25, -0.2) is 0 Å². The predicted octanol–water partition coefficient (Wildman–Crippen LogP) is 5.92. The molecule has 0 atom stereocenters. The van der Waals surface area contributed by atoms with Crippen LogP contribution in [0, 0.1) is 13.8 Å². The number of nitrogen functional groups attached to an aromatic ring is 1. The second kappa shape index (κ2) is 8.31. The van der Waals surface area contributed by atoms with Gasteiger partial charge in [0.1, 0.15) is 0 Å². The highest BCUT2D eigenvalue weighted by Gasteiger charge is 2.12. The van der Waals surface area contributed by atoms with Crippen LogP contribution in [0.15, 0.2) is 65.6 Å². The largest absolute Gasteiger partial charge is 0.399 e. The van der Waals surface area contributed by atoms with Gasteiger partial charge in [-0.05, 0) is 78.3 Å². The minimum Gasteiger partial charge on any atom is -0.399 e. The van der Waals surface area contributed by atoms with Crippen molar-refractivity contribution in [1.82, 2.24) is 0 Å². The summed E-state index contributed by atoms with van der Waals surface area (Å²) in [5, 5.41) is 3.05. The highest BCUT2D eigenvalue weighted by molar-refractivity contribution is 7.99. The fourth-order valence-corrected chi connectivity index (χ4v) is 3.77. The molecule has 3 aromatic rings. The van der Waals surface area contributed by atoms with Crippen LogP contribution >= 0.6 is 11.8 Å². The van der Waals surface area contributed by atoms with Gasteiger partial charge in [0.05, 0.1) is 5.56 Å². The van der Waals surface area contributed by atoms with Gasteiger partial charge in [0, 0.05) is 16.3 Å². The Kier molecular flexibility index (Phi) is 5.87. The van der Waals surface area contributed by atoms with Crippen molar-refractivity contribution in [3.05, 3.63) is 77.4 Å². The molecule has 0 saturated carbocycles. The molecular weight excluding hydrogens is 352 g/mol. The van der Waals surface area contributed by atoms with Gasteiger partial charge in [-0.2, -0.15) is 0 Å². The molecule has 0 aliphatic rings. The second-order valence-corrected chi connectivity index (χ2v) is 7.79. The minimum absolute atomic E-state index is 0.0780. The van der Waals surface area contributed by atoms with Crippen molar-refractivity contribution >= 4 is 29.0 Å². The zero-order valence-electron chi connectivity index (χ0n) is 15.9. The van der Waals surface area contributed by atoms with Crippen LogP contribution in [0.5, 0.6) is 0 Å². The van der Waals surface area contributed by atoms with Gasteiger partial charge < -0.3 is 11.1 Å². The third kappa shape index (κ3) is 4.34. The van der Waals surface area contributed by atoms with Crippen LogP contribution in [0.2, 0.25) is 0 Å². The zero-order valence-corrected chi connectivity index (χ0v) is 16.7. The smallest absolute Gasteiger partial charge is 0.256 e. The fraction of sp³-hybridized carbons (Fsp3) is 0.174. The van der Waals surface area contributed by atoms with Gasteiger partial charge in [0.25, 0.3) is 5.91 Å². The van der Waals surface area contributed by atoms with E-state index in [1.54, 1.807) is 11.8 Å². The number of rotatable bonds is 5. The van der Waals surface area contributed by atoms with Crippen LogP contribution in [0.25, 0.3) is 11.1 Å². The lowest BCUT2D eigenvalue weighted by Gasteiger charge is -2.13. The first-order valence-corrected chi connectivity index (χ1v) is 9.98. The number of anilines is 2. The van der Waals surface area contributed by atoms with E-state index < -0.39 is 0 Å². The van der Waals surface area contributed by atoms with Crippen LogP contribution < -0.4 is 11.1 Å². The lowest BCUT2D eigenvalue weighted by molar-refractivity contribution is 0.102. The van der Waals surface area contributed by atoms with Gasteiger partial charge in [-0.3, -0.25) is 4.79 Å². The van der Waals surface area contributed by atoms with Gasteiger partial charge in [-0.15, -0.1) is 11.8 Å². The number of amides is 1. The Morgan fingerprint density at radius 3 is 2.30 bits per heavy atom. The van der Waals surface area contributed by atoms with Crippen LogP contribution in [0.1, 0.15) is 28.4 Å². The molecule has 27 heavy (non-hydrogen) atoms. The number of benzene rings is 3. The number of aryl methyl sites for hydroxylation is 2. The molecule has 3 nitrogen and oxygen atoms in total. The summed E-state index contributed by atoms with van der Waals surface area (Å²) < 4.78 is 0. The summed E-state index contributed by atoms with van der Waals surface area (Å²) in [6, 6.07) is 19.8. The topological polar surface area (TPSA) is 55.1 Å². The van der Waals surface area contributed by atoms with Crippen molar-refractivity contribution in [2.75, 3.05) is 16.8 Å². The number of carbonyl (C=O) groups excluding carboxylic acids is 1. The molecule has 0 aromatic heterocycles. The maximum absolute atomic E-state index is 12.8. The van der Waals surface area contributed by atoms with Crippen LogP contribution in [-0.2, 0) is 0 Å². The Balaban J connectivity index is 1.84. The summed E-state index contributed by atoms with van der Waals surface area (Å²) in [4.78, 5) is 13.8. The van der Waals surface area contributed by atoms with Crippen molar-refractivity contribution in [2.45, 2.75) is 25.7 Å². The number of hydrogen-bond acceptors (Lipinski definition) is 3. The zero-order chi connectivity index (χ0) is 19.4. The summed E-state index contributed by atoms with van der Waals surface area (Å²) in [6.45, 7) is 6.10. The third-order valence-electron chi connectivity index (χ3n) is 4.51. The maximum Gasteiger partial charge on any atom is 0.256 e. The highest BCUT2D eigenvalue weighted by Crippen LogP contribution is 2.28. The van der Waals surface area contributed by atoms with E-state index in [4.69, 9.17) is 5.73 Å². The molecule has 4 heteroatoms. The van der Waals surface area contributed by atoms with Crippen molar-refractivity contribution in [2.24, 2.45) is 0 Å². The first-order valence-electron chi connectivity index (χ1n) is 9.00. The molecule has 0 radical (unpaired) electrons. The lowest BCUT2D eigenvalue weighted by Crippen LogP contribution is -2.13. The predicted molar refractivity (Wildman–Crippen MR) is 117 cm³/mol. The third-order valence-corrected chi connectivity index (χ3v) is 5.46. The molecule has 0 spiro atoms. The SMILES string of the molecule is CCSc1ccccc1C(=O)Nc1ccc(-c2ccc(N)c(C)c2)cc1C. The number of nitrogens with two attached hydrogens (primary N) is 1. The molecule has 0 aliphatic heterocycles. The summed E-state index contributed by atoms with van der Waals surface area (Å²) in [5.41, 5.74) is 12.6.